The second kappa shape index (κ2) is 8.52. The third-order valence-corrected chi connectivity index (χ3v) is 5.34. The molecule has 1 N–H and O–H groups in total. The predicted molar refractivity (Wildman–Crippen MR) is 93.1 cm³/mol. The first-order valence-corrected chi connectivity index (χ1v) is 9.35. The summed E-state index contributed by atoms with van der Waals surface area (Å²) in [7, 11) is 1.34. The molecule has 0 bridgehead atoms. The highest BCUT2D eigenvalue weighted by Crippen LogP contribution is 2.24. The fourth-order valence-electron chi connectivity index (χ4n) is 3.81. The molecule has 6 nitrogen and oxygen atoms in total. The van der Waals surface area contributed by atoms with E-state index in [2.05, 4.69) is 15.0 Å². The Morgan fingerprint density at radius 2 is 1.88 bits per heavy atom. The van der Waals surface area contributed by atoms with Crippen molar-refractivity contribution in [3.8, 4) is 0 Å². The van der Waals surface area contributed by atoms with Gasteiger partial charge >= 0.3 is 5.97 Å². The van der Waals surface area contributed by atoms with E-state index in [9.17, 15) is 9.59 Å². The van der Waals surface area contributed by atoms with E-state index in [1.165, 1.54) is 26.4 Å². The standard InChI is InChI=1S/C19H28N2O4/c1-24-19(23)17-8-7-16(25-17)13-21-11-9-15(10-12-21)20-18(22)14-5-3-2-4-6-14/h7-8,14-15H,2-6,9-13H2,1H3,(H,20,22). The van der Waals surface area contributed by atoms with Crippen molar-refractivity contribution in [1.29, 1.82) is 0 Å². The normalized spacial score (nSPS) is 20.4. The summed E-state index contributed by atoms with van der Waals surface area (Å²) in [6.07, 6.45) is 7.66. The van der Waals surface area contributed by atoms with Crippen LogP contribution in [0.25, 0.3) is 0 Å². The van der Waals surface area contributed by atoms with Crippen molar-refractivity contribution in [3.05, 3.63) is 23.7 Å². The van der Waals surface area contributed by atoms with Gasteiger partial charge < -0.3 is 14.5 Å². The molecule has 1 saturated carbocycles. The summed E-state index contributed by atoms with van der Waals surface area (Å²) in [5.74, 6) is 1.05. The zero-order valence-electron chi connectivity index (χ0n) is 15.0. The van der Waals surface area contributed by atoms with Crippen LogP contribution < -0.4 is 5.32 Å². The minimum atomic E-state index is -0.449. The Balaban J connectivity index is 1.41. The summed E-state index contributed by atoms with van der Waals surface area (Å²) in [4.78, 5) is 26.1. The third-order valence-electron chi connectivity index (χ3n) is 5.34. The molecular formula is C19H28N2O4. The average Bonchev–Trinajstić information content (AvgIpc) is 3.12. The van der Waals surface area contributed by atoms with Crippen molar-refractivity contribution < 1.29 is 18.7 Å². The first-order chi connectivity index (χ1) is 12.2. The number of esters is 1. The van der Waals surface area contributed by atoms with Crippen molar-refractivity contribution in [2.75, 3.05) is 20.2 Å². The maximum absolute atomic E-state index is 12.4. The fraction of sp³-hybridized carbons (Fsp3) is 0.684. The van der Waals surface area contributed by atoms with Crippen molar-refractivity contribution >= 4 is 11.9 Å². The van der Waals surface area contributed by atoms with Crippen LogP contribution in [0, 0.1) is 5.92 Å². The van der Waals surface area contributed by atoms with Crippen molar-refractivity contribution in [3.63, 3.8) is 0 Å². The number of amides is 1. The summed E-state index contributed by atoms with van der Waals surface area (Å²) < 4.78 is 10.2. The number of nitrogens with one attached hydrogen (secondary N) is 1. The number of methoxy groups -OCH3 is 1. The average molecular weight is 348 g/mol. The number of likely N-dealkylation sites (tertiary alicyclic amines) is 1. The van der Waals surface area contributed by atoms with Gasteiger partial charge in [0.15, 0.2) is 0 Å². The molecule has 25 heavy (non-hydrogen) atoms. The number of hydrogen-bond donors (Lipinski definition) is 1. The summed E-state index contributed by atoms with van der Waals surface area (Å²) in [5.41, 5.74) is 0. The highest BCUT2D eigenvalue weighted by Gasteiger charge is 2.26. The molecule has 0 unspecified atom stereocenters. The van der Waals surface area contributed by atoms with Crippen LogP contribution in [-0.2, 0) is 16.1 Å². The van der Waals surface area contributed by atoms with Gasteiger partial charge in [0.05, 0.1) is 13.7 Å². The van der Waals surface area contributed by atoms with E-state index in [-0.39, 0.29) is 23.6 Å². The monoisotopic (exact) mass is 348 g/mol. The summed E-state index contributed by atoms with van der Waals surface area (Å²) in [6, 6.07) is 3.76. The predicted octanol–water partition coefficient (Wildman–Crippen LogP) is 2.73. The zero-order chi connectivity index (χ0) is 17.6. The molecule has 1 saturated heterocycles. The van der Waals surface area contributed by atoms with Gasteiger partial charge in [-0.1, -0.05) is 19.3 Å². The lowest BCUT2D eigenvalue weighted by molar-refractivity contribution is -0.127. The molecular weight excluding hydrogens is 320 g/mol. The minimum absolute atomic E-state index is 0.228. The molecule has 1 aliphatic heterocycles. The second-order valence-corrected chi connectivity index (χ2v) is 7.15. The lowest BCUT2D eigenvalue weighted by atomic mass is 9.88. The molecule has 1 aromatic heterocycles. The van der Waals surface area contributed by atoms with Gasteiger partial charge in [-0.05, 0) is 37.8 Å². The molecule has 138 valence electrons. The molecule has 2 aliphatic rings. The SMILES string of the molecule is COC(=O)c1ccc(CN2CCC(NC(=O)C3CCCCC3)CC2)o1. The molecule has 1 amide bonds. The molecule has 0 spiro atoms. The Bertz CT molecular complexity index is 584. The van der Waals surface area contributed by atoms with E-state index >= 15 is 0 Å². The number of furan rings is 1. The van der Waals surface area contributed by atoms with E-state index in [1.54, 1.807) is 6.07 Å². The molecule has 2 fully saturated rings. The Kier molecular flexibility index (Phi) is 6.13. The van der Waals surface area contributed by atoms with Crippen LogP contribution in [0.15, 0.2) is 16.5 Å². The largest absolute Gasteiger partial charge is 0.463 e. The molecule has 2 heterocycles. The smallest absolute Gasteiger partial charge is 0.373 e. The maximum Gasteiger partial charge on any atom is 0.373 e. The van der Waals surface area contributed by atoms with Gasteiger partial charge in [0.25, 0.3) is 0 Å². The van der Waals surface area contributed by atoms with Crippen LogP contribution in [0.3, 0.4) is 0 Å². The van der Waals surface area contributed by atoms with E-state index in [0.717, 1.165) is 44.5 Å². The third kappa shape index (κ3) is 4.84. The molecule has 0 atom stereocenters. The Hall–Kier alpha value is -1.82. The number of ether oxygens (including phenoxy) is 1. The number of nitrogens with zero attached hydrogens (tertiary/aromatic N) is 1. The zero-order valence-corrected chi connectivity index (χ0v) is 15.0. The topological polar surface area (TPSA) is 71.8 Å². The lowest BCUT2D eigenvalue weighted by Crippen LogP contribution is -2.46. The number of hydrogen-bond acceptors (Lipinski definition) is 5. The second-order valence-electron chi connectivity index (χ2n) is 7.15. The molecule has 0 radical (unpaired) electrons. The van der Waals surface area contributed by atoms with Gasteiger partial charge in [0.2, 0.25) is 11.7 Å². The molecule has 0 aromatic carbocycles. The number of carbonyl (C=O) groups excluding carboxylic acids is 2. The van der Waals surface area contributed by atoms with Gasteiger partial charge in [0.1, 0.15) is 5.76 Å². The number of piperidine rings is 1. The highest BCUT2D eigenvalue weighted by atomic mass is 16.5. The van der Waals surface area contributed by atoms with Crippen LogP contribution in [0.1, 0.15) is 61.3 Å². The van der Waals surface area contributed by atoms with Gasteiger partial charge in [-0.25, -0.2) is 4.79 Å². The first kappa shape index (κ1) is 18.0. The molecule has 1 aliphatic carbocycles. The maximum atomic E-state index is 12.4. The Labute approximate surface area is 148 Å². The highest BCUT2D eigenvalue weighted by molar-refractivity contribution is 5.86. The van der Waals surface area contributed by atoms with Gasteiger partial charge in [-0.3, -0.25) is 9.69 Å². The van der Waals surface area contributed by atoms with Crippen LogP contribution in [-0.4, -0.2) is 43.0 Å². The van der Waals surface area contributed by atoms with E-state index < -0.39 is 5.97 Å². The van der Waals surface area contributed by atoms with E-state index in [1.807, 2.05) is 6.07 Å². The van der Waals surface area contributed by atoms with Gasteiger partial charge in [-0.2, -0.15) is 0 Å². The summed E-state index contributed by atoms with van der Waals surface area (Å²) in [5, 5.41) is 3.25. The van der Waals surface area contributed by atoms with Crippen molar-refractivity contribution in [2.45, 2.75) is 57.5 Å². The molecule has 1 aromatic rings. The van der Waals surface area contributed by atoms with Crippen molar-refractivity contribution in [1.82, 2.24) is 10.2 Å². The van der Waals surface area contributed by atoms with Crippen LogP contribution in [0.2, 0.25) is 0 Å². The lowest BCUT2D eigenvalue weighted by Gasteiger charge is -2.33. The van der Waals surface area contributed by atoms with Crippen LogP contribution >= 0.6 is 0 Å². The van der Waals surface area contributed by atoms with Crippen molar-refractivity contribution in [2.24, 2.45) is 5.92 Å². The summed E-state index contributed by atoms with van der Waals surface area (Å²) in [6.45, 7) is 2.52. The molecule has 3 rings (SSSR count). The minimum Gasteiger partial charge on any atom is -0.463 e. The quantitative estimate of drug-likeness (QED) is 0.829. The van der Waals surface area contributed by atoms with E-state index in [0.29, 0.717) is 6.54 Å². The number of carbonyl (C=O) groups is 2. The Morgan fingerprint density at radius 3 is 2.56 bits per heavy atom. The first-order valence-electron chi connectivity index (χ1n) is 9.35. The number of rotatable bonds is 5. The van der Waals surface area contributed by atoms with Crippen LogP contribution in [0.5, 0.6) is 0 Å². The summed E-state index contributed by atoms with van der Waals surface area (Å²) >= 11 is 0. The Morgan fingerprint density at radius 1 is 1.16 bits per heavy atom. The molecule has 6 heteroatoms. The van der Waals surface area contributed by atoms with Gasteiger partial charge in [0, 0.05) is 25.0 Å². The fourth-order valence-corrected chi connectivity index (χ4v) is 3.81. The van der Waals surface area contributed by atoms with Crippen LogP contribution in [0.4, 0.5) is 0 Å². The van der Waals surface area contributed by atoms with E-state index in [4.69, 9.17) is 4.42 Å². The van der Waals surface area contributed by atoms with Gasteiger partial charge in [-0.15, -0.1) is 0 Å².